The van der Waals surface area contributed by atoms with Crippen LogP contribution in [0.15, 0.2) is 97.1 Å². The molecule has 0 aromatic heterocycles. The summed E-state index contributed by atoms with van der Waals surface area (Å²) in [5.41, 5.74) is 2.03. The van der Waals surface area contributed by atoms with Gasteiger partial charge in [-0.25, -0.2) is 0 Å². The van der Waals surface area contributed by atoms with Crippen molar-refractivity contribution in [2.24, 2.45) is 5.92 Å². The number of halogens is 1. The molecule has 1 saturated heterocycles. The molecule has 1 amide bonds. The quantitative estimate of drug-likeness (QED) is 0.269. The molecule has 0 bridgehead atoms. The standard InChI is InChI=1S/C35H27ClN2O5/c1-42-23-14-16-28(43-2)24(19-23)33(40)30-31(32(39)20-8-4-3-5-9-20)38-27-15-13-22(36)18-21(27)12-17-29(38)35(30)25-10-6-7-11-26(25)37-34(35)41/h3-19,29-31H,1-2H3,(H,37,41)/t29-,30-,31-,35+/m1/s1. The number of amides is 1. The molecule has 4 atom stereocenters. The molecule has 1 N–H and O–H groups in total. The second kappa shape index (κ2) is 10.1. The van der Waals surface area contributed by atoms with Gasteiger partial charge in [0.05, 0.1) is 31.7 Å². The minimum Gasteiger partial charge on any atom is -0.497 e. The highest BCUT2D eigenvalue weighted by atomic mass is 35.5. The number of benzene rings is 4. The van der Waals surface area contributed by atoms with Crippen LogP contribution in [-0.4, -0.2) is 43.8 Å². The van der Waals surface area contributed by atoms with Gasteiger partial charge in [-0.15, -0.1) is 0 Å². The lowest BCUT2D eigenvalue weighted by molar-refractivity contribution is -0.121. The first-order chi connectivity index (χ1) is 20.9. The number of anilines is 2. The Labute approximate surface area is 253 Å². The van der Waals surface area contributed by atoms with E-state index in [2.05, 4.69) is 5.32 Å². The highest BCUT2D eigenvalue weighted by molar-refractivity contribution is 6.31. The fourth-order valence-electron chi connectivity index (χ4n) is 7.10. The predicted molar refractivity (Wildman–Crippen MR) is 165 cm³/mol. The Bertz CT molecular complexity index is 1840. The van der Waals surface area contributed by atoms with Crippen molar-refractivity contribution in [3.05, 3.63) is 124 Å². The second-order valence-corrected chi connectivity index (χ2v) is 11.3. The van der Waals surface area contributed by atoms with E-state index in [1.54, 1.807) is 48.5 Å². The third kappa shape index (κ3) is 3.85. The summed E-state index contributed by atoms with van der Waals surface area (Å²) in [6, 6.07) is 25.0. The molecule has 0 aliphatic carbocycles. The van der Waals surface area contributed by atoms with Crippen LogP contribution in [0, 0.1) is 5.92 Å². The van der Waals surface area contributed by atoms with Gasteiger partial charge in [0, 0.05) is 22.0 Å². The van der Waals surface area contributed by atoms with Gasteiger partial charge >= 0.3 is 0 Å². The predicted octanol–water partition coefficient (Wildman–Crippen LogP) is 6.21. The number of carbonyl (C=O) groups excluding carboxylic acids is 3. The maximum Gasteiger partial charge on any atom is 0.238 e. The van der Waals surface area contributed by atoms with Gasteiger partial charge in [0.25, 0.3) is 0 Å². The van der Waals surface area contributed by atoms with E-state index in [1.807, 2.05) is 59.5 Å². The Hall–Kier alpha value is -4.88. The Kier molecular flexibility index (Phi) is 6.36. The van der Waals surface area contributed by atoms with Crippen LogP contribution in [0.1, 0.15) is 31.8 Å². The van der Waals surface area contributed by atoms with Gasteiger partial charge < -0.3 is 19.7 Å². The molecule has 1 fully saturated rings. The first kappa shape index (κ1) is 27.0. The lowest BCUT2D eigenvalue weighted by atomic mass is 9.64. The topological polar surface area (TPSA) is 84.9 Å². The minimum atomic E-state index is -1.44. The number of hydrogen-bond donors (Lipinski definition) is 1. The van der Waals surface area contributed by atoms with E-state index in [9.17, 15) is 9.59 Å². The van der Waals surface area contributed by atoms with Gasteiger partial charge in [0.2, 0.25) is 5.91 Å². The molecule has 0 unspecified atom stereocenters. The Morgan fingerprint density at radius 3 is 2.42 bits per heavy atom. The van der Waals surface area contributed by atoms with Crippen LogP contribution in [0.5, 0.6) is 11.5 Å². The number of Topliss-reactive ketones (excluding diaryl/α,β-unsaturated/α-hetero) is 2. The monoisotopic (exact) mass is 590 g/mol. The molecule has 8 heteroatoms. The summed E-state index contributed by atoms with van der Waals surface area (Å²) < 4.78 is 11.1. The van der Waals surface area contributed by atoms with E-state index in [1.165, 1.54) is 14.2 Å². The van der Waals surface area contributed by atoms with E-state index in [0.717, 1.165) is 11.3 Å². The minimum absolute atomic E-state index is 0.231. The number of ether oxygens (including phenoxy) is 2. The Balaban J connectivity index is 1.55. The number of para-hydroxylation sites is 1. The molecule has 4 aromatic rings. The molecular weight excluding hydrogens is 564 g/mol. The zero-order valence-electron chi connectivity index (χ0n) is 23.4. The first-order valence-electron chi connectivity index (χ1n) is 13.9. The van der Waals surface area contributed by atoms with Crippen molar-refractivity contribution in [3.8, 4) is 11.5 Å². The van der Waals surface area contributed by atoms with Gasteiger partial charge in [-0.1, -0.05) is 72.3 Å². The van der Waals surface area contributed by atoms with Crippen molar-refractivity contribution in [1.82, 2.24) is 0 Å². The molecule has 43 heavy (non-hydrogen) atoms. The molecule has 3 aliphatic heterocycles. The fourth-order valence-corrected chi connectivity index (χ4v) is 7.28. The molecule has 7 nitrogen and oxygen atoms in total. The summed E-state index contributed by atoms with van der Waals surface area (Å²) in [6.07, 6.45) is 3.84. The molecule has 4 aromatic carbocycles. The van der Waals surface area contributed by atoms with Crippen molar-refractivity contribution in [2.75, 3.05) is 24.4 Å². The second-order valence-electron chi connectivity index (χ2n) is 10.9. The summed E-state index contributed by atoms with van der Waals surface area (Å²) >= 11 is 6.38. The van der Waals surface area contributed by atoms with Crippen molar-refractivity contribution in [3.63, 3.8) is 0 Å². The maximum atomic E-state index is 15.1. The number of rotatable bonds is 6. The number of hydrogen-bond acceptors (Lipinski definition) is 6. The molecule has 0 radical (unpaired) electrons. The van der Waals surface area contributed by atoms with E-state index in [-0.39, 0.29) is 17.3 Å². The molecule has 3 heterocycles. The highest BCUT2D eigenvalue weighted by Gasteiger charge is 2.70. The van der Waals surface area contributed by atoms with Crippen molar-refractivity contribution < 1.29 is 23.9 Å². The van der Waals surface area contributed by atoms with Crippen LogP contribution in [-0.2, 0) is 10.2 Å². The van der Waals surface area contributed by atoms with E-state index >= 15 is 4.79 Å². The van der Waals surface area contributed by atoms with Crippen molar-refractivity contribution >= 4 is 46.5 Å². The SMILES string of the molecule is COc1ccc(OC)c(C(=O)[C@H]2[C@H](C(=O)c3ccccc3)N3c4ccc(Cl)cc4C=C[C@@H]3[C@]23C(=O)Nc2ccccc23)c1. The van der Waals surface area contributed by atoms with Crippen molar-refractivity contribution in [1.29, 1.82) is 0 Å². The number of methoxy groups -OCH3 is 2. The van der Waals surface area contributed by atoms with Gasteiger partial charge in [0.15, 0.2) is 11.6 Å². The third-order valence-corrected chi connectivity index (χ3v) is 9.11. The summed E-state index contributed by atoms with van der Waals surface area (Å²) in [4.78, 5) is 46.3. The summed E-state index contributed by atoms with van der Waals surface area (Å²) in [5, 5.41) is 3.58. The number of fused-ring (bicyclic) bond motifs is 6. The van der Waals surface area contributed by atoms with Crippen LogP contribution < -0.4 is 19.7 Å². The molecular formula is C35H27ClN2O5. The highest BCUT2D eigenvalue weighted by Crippen LogP contribution is 2.58. The van der Waals surface area contributed by atoms with Crippen LogP contribution in [0.4, 0.5) is 11.4 Å². The van der Waals surface area contributed by atoms with E-state index in [0.29, 0.717) is 33.3 Å². The van der Waals surface area contributed by atoms with Gasteiger partial charge in [-0.2, -0.15) is 0 Å². The molecule has 3 aliphatic rings. The fraction of sp³-hybridized carbons (Fsp3) is 0.171. The average Bonchev–Trinajstić information content (AvgIpc) is 3.52. The lowest BCUT2D eigenvalue weighted by Crippen LogP contribution is -2.51. The van der Waals surface area contributed by atoms with Crippen LogP contribution in [0.2, 0.25) is 5.02 Å². The first-order valence-corrected chi connectivity index (χ1v) is 14.3. The normalized spacial score (nSPS) is 22.9. The van der Waals surface area contributed by atoms with Crippen LogP contribution in [0.25, 0.3) is 6.08 Å². The molecule has 214 valence electrons. The lowest BCUT2D eigenvalue weighted by Gasteiger charge is -2.37. The Morgan fingerprint density at radius 1 is 0.884 bits per heavy atom. The van der Waals surface area contributed by atoms with Gasteiger partial charge in [-0.05, 0) is 53.6 Å². The Morgan fingerprint density at radius 2 is 1.65 bits per heavy atom. The summed E-state index contributed by atoms with van der Waals surface area (Å²) in [5.74, 6) is -1.36. The van der Waals surface area contributed by atoms with E-state index < -0.39 is 29.2 Å². The van der Waals surface area contributed by atoms with Gasteiger partial charge in [-0.3, -0.25) is 14.4 Å². The van der Waals surface area contributed by atoms with E-state index in [4.69, 9.17) is 21.1 Å². The molecule has 1 spiro atoms. The van der Waals surface area contributed by atoms with Crippen LogP contribution in [0.3, 0.4) is 0 Å². The zero-order valence-corrected chi connectivity index (χ0v) is 24.2. The number of carbonyl (C=O) groups is 3. The summed E-state index contributed by atoms with van der Waals surface area (Å²) in [7, 11) is 3.00. The van der Waals surface area contributed by atoms with Crippen LogP contribution >= 0.6 is 11.6 Å². The maximum absolute atomic E-state index is 15.1. The number of ketones is 2. The summed E-state index contributed by atoms with van der Waals surface area (Å²) in [6.45, 7) is 0. The van der Waals surface area contributed by atoms with Crippen molar-refractivity contribution in [2.45, 2.75) is 17.5 Å². The molecule has 0 saturated carbocycles. The largest absolute Gasteiger partial charge is 0.497 e. The third-order valence-electron chi connectivity index (χ3n) is 8.88. The number of nitrogens with zero attached hydrogens (tertiary/aromatic N) is 1. The smallest absolute Gasteiger partial charge is 0.238 e. The average molecular weight is 591 g/mol. The number of nitrogens with one attached hydrogen (secondary N) is 1. The zero-order chi connectivity index (χ0) is 29.9. The van der Waals surface area contributed by atoms with Gasteiger partial charge in [0.1, 0.15) is 23.0 Å². The molecule has 7 rings (SSSR count).